The molecule has 0 saturated carbocycles. The quantitative estimate of drug-likeness (QED) is 0.769. The third kappa shape index (κ3) is 5.14. The summed E-state index contributed by atoms with van der Waals surface area (Å²) in [6.45, 7) is 2.47. The topological polar surface area (TPSA) is 79.5 Å². The third-order valence-corrected chi connectivity index (χ3v) is 3.15. The second-order valence-corrected chi connectivity index (χ2v) is 5.47. The van der Waals surface area contributed by atoms with E-state index in [0.717, 1.165) is 6.42 Å². The average molecular weight is 259 g/mol. The first-order valence-electron chi connectivity index (χ1n) is 5.34. The lowest BCUT2D eigenvalue weighted by atomic mass is 10.2. The second-order valence-electron chi connectivity index (χ2n) is 3.92. The van der Waals surface area contributed by atoms with Crippen molar-refractivity contribution in [3.8, 4) is 0 Å². The summed E-state index contributed by atoms with van der Waals surface area (Å²) in [4.78, 5) is 10.6. The van der Waals surface area contributed by atoms with Crippen LogP contribution in [-0.2, 0) is 17.3 Å². The lowest BCUT2D eigenvalue weighted by Gasteiger charge is -2.11. The zero-order valence-corrected chi connectivity index (χ0v) is 10.8. The molecule has 2 unspecified atom stereocenters. The summed E-state index contributed by atoms with van der Waals surface area (Å²) in [6.07, 6.45) is 2.49. The van der Waals surface area contributed by atoms with E-state index >= 15 is 0 Å². The summed E-state index contributed by atoms with van der Waals surface area (Å²) >= 11 is 0. The highest BCUT2D eigenvalue weighted by Crippen LogP contribution is 2.08. The largest absolute Gasteiger partial charge is 0.475 e. The van der Waals surface area contributed by atoms with Crippen LogP contribution in [0.2, 0.25) is 0 Å². The van der Waals surface area contributed by atoms with Crippen molar-refractivity contribution in [2.24, 2.45) is 0 Å². The molecule has 0 fully saturated rings. The van der Waals surface area contributed by atoms with Crippen molar-refractivity contribution in [1.82, 2.24) is 5.32 Å². The minimum Gasteiger partial charge on any atom is -0.475 e. The molecule has 2 atom stereocenters. The number of carboxylic acids is 1. The lowest BCUT2D eigenvalue weighted by molar-refractivity contribution is 0.0660. The predicted molar refractivity (Wildman–Crippen MR) is 65.5 cm³/mol. The van der Waals surface area contributed by atoms with Gasteiger partial charge < -0.3 is 14.8 Å². The van der Waals surface area contributed by atoms with E-state index in [1.165, 1.54) is 6.07 Å². The minimum absolute atomic E-state index is 0.0517. The summed E-state index contributed by atoms with van der Waals surface area (Å²) in [7, 11) is -0.777. The van der Waals surface area contributed by atoms with Gasteiger partial charge in [0.05, 0.1) is 6.54 Å². The first-order chi connectivity index (χ1) is 7.99. The molecule has 0 aliphatic carbocycles. The molecule has 0 aliphatic heterocycles. The van der Waals surface area contributed by atoms with Crippen molar-refractivity contribution in [1.29, 1.82) is 0 Å². The minimum atomic E-state index is -1.06. The highest BCUT2D eigenvalue weighted by molar-refractivity contribution is 7.84. The van der Waals surface area contributed by atoms with Gasteiger partial charge in [-0.1, -0.05) is 0 Å². The maximum Gasteiger partial charge on any atom is 0.371 e. The molecule has 0 radical (unpaired) electrons. The van der Waals surface area contributed by atoms with Crippen molar-refractivity contribution in [3.63, 3.8) is 0 Å². The van der Waals surface area contributed by atoms with Gasteiger partial charge in [-0.3, -0.25) is 4.21 Å². The van der Waals surface area contributed by atoms with Gasteiger partial charge >= 0.3 is 5.97 Å². The summed E-state index contributed by atoms with van der Waals surface area (Å²) in [5, 5.41) is 11.9. The molecule has 6 heteroatoms. The Balaban J connectivity index is 2.34. The van der Waals surface area contributed by atoms with Crippen LogP contribution in [0.15, 0.2) is 16.5 Å². The van der Waals surface area contributed by atoms with E-state index in [0.29, 0.717) is 18.1 Å². The van der Waals surface area contributed by atoms with Crippen LogP contribution in [0.3, 0.4) is 0 Å². The number of carbonyl (C=O) groups is 1. The molecule has 1 aromatic heterocycles. The van der Waals surface area contributed by atoms with E-state index in [2.05, 4.69) is 5.32 Å². The van der Waals surface area contributed by atoms with Gasteiger partial charge in [0.2, 0.25) is 5.76 Å². The van der Waals surface area contributed by atoms with Gasteiger partial charge in [-0.25, -0.2) is 4.79 Å². The van der Waals surface area contributed by atoms with Crippen LogP contribution in [0.4, 0.5) is 0 Å². The van der Waals surface area contributed by atoms with Crippen molar-refractivity contribution < 1.29 is 18.5 Å². The fraction of sp³-hybridized carbons (Fsp3) is 0.545. The SMILES string of the molecule is CC(CCS(C)=O)NCc1ccc(C(=O)O)o1. The van der Waals surface area contributed by atoms with Crippen LogP contribution in [0.25, 0.3) is 0 Å². The number of aromatic carboxylic acids is 1. The number of furan rings is 1. The average Bonchev–Trinajstić information content (AvgIpc) is 2.72. The van der Waals surface area contributed by atoms with Gasteiger partial charge in [-0.15, -0.1) is 0 Å². The Morgan fingerprint density at radius 1 is 1.59 bits per heavy atom. The number of nitrogens with one attached hydrogen (secondary N) is 1. The molecule has 2 N–H and O–H groups in total. The van der Waals surface area contributed by atoms with Crippen LogP contribution in [0.5, 0.6) is 0 Å². The molecule has 1 heterocycles. The first-order valence-corrected chi connectivity index (χ1v) is 7.07. The van der Waals surface area contributed by atoms with E-state index in [4.69, 9.17) is 9.52 Å². The van der Waals surface area contributed by atoms with Crippen LogP contribution in [0, 0.1) is 0 Å². The zero-order chi connectivity index (χ0) is 12.8. The van der Waals surface area contributed by atoms with E-state index in [9.17, 15) is 9.00 Å². The molecule has 0 amide bonds. The summed E-state index contributed by atoms with van der Waals surface area (Å²) in [6, 6.07) is 3.30. The monoisotopic (exact) mass is 259 g/mol. The zero-order valence-electron chi connectivity index (χ0n) is 9.93. The van der Waals surface area contributed by atoms with Crippen molar-refractivity contribution >= 4 is 16.8 Å². The van der Waals surface area contributed by atoms with Crippen LogP contribution in [0.1, 0.15) is 29.7 Å². The van der Waals surface area contributed by atoms with Crippen LogP contribution in [-0.4, -0.2) is 33.3 Å². The Morgan fingerprint density at radius 3 is 2.82 bits per heavy atom. The van der Waals surface area contributed by atoms with Gasteiger partial charge in [-0.2, -0.15) is 0 Å². The molecule has 0 aromatic carbocycles. The molecular weight excluding hydrogens is 242 g/mol. The molecule has 0 spiro atoms. The van der Waals surface area contributed by atoms with Gasteiger partial charge in [0.15, 0.2) is 0 Å². The Hall–Kier alpha value is -1.14. The van der Waals surface area contributed by atoms with E-state index in [1.54, 1.807) is 12.3 Å². The highest BCUT2D eigenvalue weighted by atomic mass is 32.2. The van der Waals surface area contributed by atoms with Gasteiger partial charge in [0.25, 0.3) is 0 Å². The molecule has 1 rings (SSSR count). The standard InChI is InChI=1S/C11H17NO4S/c1-8(5-6-17(2)15)12-7-9-3-4-10(16-9)11(13)14/h3-4,8,12H,5-7H2,1-2H3,(H,13,14). The summed E-state index contributed by atoms with van der Waals surface area (Å²) in [5.74, 6) is 0.133. The predicted octanol–water partition coefficient (Wildman–Crippen LogP) is 1.22. The summed E-state index contributed by atoms with van der Waals surface area (Å²) < 4.78 is 16.0. The fourth-order valence-corrected chi connectivity index (χ4v) is 1.99. The van der Waals surface area contributed by atoms with Crippen LogP contribution < -0.4 is 5.32 Å². The Morgan fingerprint density at radius 2 is 2.29 bits per heavy atom. The molecule has 1 aromatic rings. The molecule has 96 valence electrons. The van der Waals surface area contributed by atoms with Crippen molar-refractivity contribution in [3.05, 3.63) is 23.7 Å². The molecule has 0 bridgehead atoms. The van der Waals surface area contributed by atoms with E-state index < -0.39 is 16.8 Å². The Kier molecular flexibility index (Phi) is 5.37. The number of hydrogen-bond donors (Lipinski definition) is 2. The van der Waals surface area contributed by atoms with Crippen molar-refractivity contribution in [2.45, 2.75) is 25.9 Å². The van der Waals surface area contributed by atoms with Gasteiger partial charge in [-0.05, 0) is 25.5 Å². The van der Waals surface area contributed by atoms with E-state index in [1.807, 2.05) is 6.92 Å². The van der Waals surface area contributed by atoms with Gasteiger partial charge in [0, 0.05) is 28.9 Å². The Labute approximate surface area is 103 Å². The molecular formula is C11H17NO4S. The van der Waals surface area contributed by atoms with Gasteiger partial charge in [0.1, 0.15) is 5.76 Å². The maximum absolute atomic E-state index is 10.9. The van der Waals surface area contributed by atoms with Crippen molar-refractivity contribution in [2.75, 3.05) is 12.0 Å². The number of hydrogen-bond acceptors (Lipinski definition) is 4. The summed E-state index contributed by atoms with van der Waals surface area (Å²) in [5.41, 5.74) is 0. The first kappa shape index (κ1) is 13.9. The highest BCUT2D eigenvalue weighted by Gasteiger charge is 2.09. The van der Waals surface area contributed by atoms with E-state index in [-0.39, 0.29) is 11.8 Å². The molecule has 0 saturated heterocycles. The fourth-order valence-electron chi connectivity index (χ4n) is 1.31. The maximum atomic E-state index is 10.9. The molecule has 17 heavy (non-hydrogen) atoms. The smallest absolute Gasteiger partial charge is 0.371 e. The number of rotatable bonds is 7. The van der Waals surface area contributed by atoms with Crippen LogP contribution >= 0.6 is 0 Å². The Bertz CT molecular complexity index is 402. The lowest BCUT2D eigenvalue weighted by Crippen LogP contribution is -2.26. The normalized spacial score (nSPS) is 14.5. The number of carboxylic acid groups (broad SMARTS) is 1. The molecule has 5 nitrogen and oxygen atoms in total. The second kappa shape index (κ2) is 6.56. The third-order valence-electron chi connectivity index (χ3n) is 2.34. The molecule has 0 aliphatic rings.